The number of nitrogens with zero attached hydrogens (tertiary/aromatic N) is 2. The molecule has 174 valence electrons. The van der Waals surface area contributed by atoms with Gasteiger partial charge in [0.25, 0.3) is 20.0 Å². The first-order chi connectivity index (χ1) is 15.6. The fourth-order valence-corrected chi connectivity index (χ4v) is 8.30. The number of rotatable bonds is 4. The van der Waals surface area contributed by atoms with Gasteiger partial charge in [-0.15, -0.1) is 0 Å². The van der Waals surface area contributed by atoms with Crippen molar-refractivity contribution in [2.45, 2.75) is 55.4 Å². The van der Waals surface area contributed by atoms with E-state index in [9.17, 15) is 21.6 Å². The standard InChI is InChI=1S/C24H26N2O5S2/c1-16-7-11-19(12-8-16)32(28,29)25-22-15-18-5-3-4-6-21(18)23(22)26(24(25)27)33(30,31)20-13-9-17(2)10-14-20/h7-15,18,21,23H,3-6H2,1-2H3/t18-,21-,23-/m1/s1. The molecule has 2 fully saturated rings. The molecule has 33 heavy (non-hydrogen) atoms. The fourth-order valence-electron chi connectivity index (χ4n) is 5.26. The molecule has 2 aliphatic carbocycles. The molecule has 1 saturated heterocycles. The third-order valence-electron chi connectivity index (χ3n) is 6.95. The number of carbonyl (C=O) groups excluding carboxylic acids is 1. The number of amides is 2. The molecule has 0 bridgehead atoms. The second-order valence-corrected chi connectivity index (χ2v) is 12.7. The van der Waals surface area contributed by atoms with E-state index in [1.165, 1.54) is 24.3 Å². The molecular formula is C24H26N2O5S2. The highest BCUT2D eigenvalue weighted by Crippen LogP contribution is 2.50. The Labute approximate surface area is 194 Å². The average molecular weight is 487 g/mol. The Balaban J connectivity index is 1.65. The maximum atomic E-state index is 13.7. The minimum Gasteiger partial charge on any atom is -0.246 e. The zero-order valence-corrected chi connectivity index (χ0v) is 20.1. The van der Waals surface area contributed by atoms with Gasteiger partial charge in [0.05, 0.1) is 21.5 Å². The lowest BCUT2D eigenvalue weighted by molar-refractivity contribution is 0.198. The Bertz CT molecular complexity index is 1350. The molecule has 1 saturated carbocycles. The van der Waals surface area contributed by atoms with E-state index in [1.54, 1.807) is 24.3 Å². The van der Waals surface area contributed by atoms with Gasteiger partial charge in [-0.3, -0.25) is 0 Å². The molecule has 9 heteroatoms. The summed E-state index contributed by atoms with van der Waals surface area (Å²) in [7, 11) is -8.53. The summed E-state index contributed by atoms with van der Waals surface area (Å²) in [5, 5.41) is 0. The third-order valence-corrected chi connectivity index (χ3v) is 10.4. The summed E-state index contributed by atoms with van der Waals surface area (Å²) in [5.41, 5.74) is 2.04. The summed E-state index contributed by atoms with van der Waals surface area (Å²) in [6.45, 7) is 3.69. The lowest BCUT2D eigenvalue weighted by Gasteiger charge is -2.32. The first-order valence-corrected chi connectivity index (χ1v) is 14.0. The molecule has 0 N–H and O–H groups in total. The Morgan fingerprint density at radius 1 is 0.758 bits per heavy atom. The molecule has 1 heterocycles. The zero-order chi connectivity index (χ0) is 23.5. The molecule has 0 aromatic heterocycles. The highest BCUT2D eigenvalue weighted by atomic mass is 32.2. The summed E-state index contributed by atoms with van der Waals surface area (Å²) in [4.78, 5) is 13.6. The number of carbonyl (C=O) groups is 1. The molecule has 2 amide bonds. The van der Waals surface area contributed by atoms with Crippen LogP contribution in [0.25, 0.3) is 0 Å². The van der Waals surface area contributed by atoms with E-state index >= 15 is 0 Å². The van der Waals surface area contributed by atoms with Crippen molar-refractivity contribution in [3.8, 4) is 0 Å². The van der Waals surface area contributed by atoms with Gasteiger partial charge in [-0.2, -0.15) is 4.31 Å². The molecule has 0 spiro atoms. The van der Waals surface area contributed by atoms with Crippen molar-refractivity contribution >= 4 is 26.1 Å². The lowest BCUT2D eigenvalue weighted by Crippen LogP contribution is -2.44. The number of fused-ring (bicyclic) bond motifs is 3. The van der Waals surface area contributed by atoms with Crippen molar-refractivity contribution in [3.05, 3.63) is 71.4 Å². The van der Waals surface area contributed by atoms with Gasteiger partial charge in [-0.25, -0.2) is 25.9 Å². The van der Waals surface area contributed by atoms with Crippen LogP contribution in [0.1, 0.15) is 36.8 Å². The molecule has 0 radical (unpaired) electrons. The van der Waals surface area contributed by atoms with Crippen molar-refractivity contribution in [2.75, 3.05) is 0 Å². The molecule has 1 aliphatic heterocycles. The Morgan fingerprint density at radius 2 is 1.27 bits per heavy atom. The summed E-state index contributed by atoms with van der Waals surface area (Å²) >= 11 is 0. The minimum absolute atomic E-state index is 0.0188. The summed E-state index contributed by atoms with van der Waals surface area (Å²) in [5.74, 6) is -0.0607. The number of hydrogen-bond acceptors (Lipinski definition) is 5. The normalized spacial score (nSPS) is 25.1. The molecular weight excluding hydrogens is 460 g/mol. The van der Waals surface area contributed by atoms with Crippen LogP contribution in [0.15, 0.2) is 70.1 Å². The number of sulfonamides is 2. The minimum atomic E-state index is -4.27. The molecule has 7 nitrogen and oxygen atoms in total. The molecule has 2 aromatic rings. The lowest BCUT2D eigenvalue weighted by atomic mass is 9.80. The predicted octanol–water partition coefficient (Wildman–Crippen LogP) is 4.19. The third kappa shape index (κ3) is 3.40. The number of aryl methyl sites for hydroxylation is 2. The highest BCUT2D eigenvalue weighted by molar-refractivity contribution is 7.91. The van der Waals surface area contributed by atoms with Crippen molar-refractivity contribution in [1.82, 2.24) is 8.61 Å². The van der Waals surface area contributed by atoms with Crippen LogP contribution in [0.4, 0.5) is 4.79 Å². The maximum Gasteiger partial charge on any atom is 0.353 e. The van der Waals surface area contributed by atoms with E-state index in [2.05, 4.69) is 0 Å². The number of allylic oxidation sites excluding steroid dienone is 1. The maximum absolute atomic E-state index is 13.7. The van der Waals surface area contributed by atoms with Crippen LogP contribution in [-0.2, 0) is 20.0 Å². The van der Waals surface area contributed by atoms with Crippen LogP contribution in [-0.4, -0.2) is 37.5 Å². The summed E-state index contributed by atoms with van der Waals surface area (Å²) in [6.07, 6.45) is 5.36. The van der Waals surface area contributed by atoms with Crippen LogP contribution in [0.3, 0.4) is 0 Å². The first-order valence-electron chi connectivity index (χ1n) is 11.1. The van der Waals surface area contributed by atoms with Crippen LogP contribution in [0, 0.1) is 25.7 Å². The predicted molar refractivity (Wildman–Crippen MR) is 123 cm³/mol. The van der Waals surface area contributed by atoms with Gasteiger partial charge in [0, 0.05) is 0 Å². The van der Waals surface area contributed by atoms with E-state index < -0.39 is 32.1 Å². The number of benzene rings is 2. The van der Waals surface area contributed by atoms with Gasteiger partial charge < -0.3 is 0 Å². The van der Waals surface area contributed by atoms with Gasteiger partial charge in [0.1, 0.15) is 0 Å². The molecule has 3 aliphatic rings. The van der Waals surface area contributed by atoms with Crippen LogP contribution >= 0.6 is 0 Å². The van der Waals surface area contributed by atoms with Crippen LogP contribution in [0.2, 0.25) is 0 Å². The second-order valence-electron chi connectivity index (χ2n) is 9.13. The smallest absolute Gasteiger partial charge is 0.246 e. The Kier molecular flexibility index (Phi) is 5.17. The van der Waals surface area contributed by atoms with Gasteiger partial charge in [0.2, 0.25) is 0 Å². The molecule has 3 atom stereocenters. The first kappa shape index (κ1) is 22.2. The van der Waals surface area contributed by atoms with Crippen molar-refractivity contribution in [2.24, 2.45) is 11.8 Å². The quantitative estimate of drug-likeness (QED) is 0.646. The van der Waals surface area contributed by atoms with Crippen LogP contribution in [0.5, 0.6) is 0 Å². The van der Waals surface area contributed by atoms with Crippen LogP contribution < -0.4 is 0 Å². The van der Waals surface area contributed by atoms with Gasteiger partial charge in [0.15, 0.2) is 0 Å². The highest BCUT2D eigenvalue weighted by Gasteiger charge is 2.59. The molecule has 5 rings (SSSR count). The van der Waals surface area contributed by atoms with E-state index in [1.807, 2.05) is 19.9 Å². The molecule has 0 unspecified atom stereocenters. The Hall–Kier alpha value is -2.65. The van der Waals surface area contributed by atoms with Gasteiger partial charge in [-0.05, 0) is 62.8 Å². The number of urea groups is 1. The Morgan fingerprint density at radius 3 is 1.85 bits per heavy atom. The topological polar surface area (TPSA) is 91.8 Å². The van der Waals surface area contributed by atoms with Crippen molar-refractivity contribution in [3.63, 3.8) is 0 Å². The van der Waals surface area contributed by atoms with Crippen molar-refractivity contribution < 1.29 is 21.6 Å². The molecule has 2 aromatic carbocycles. The van der Waals surface area contributed by atoms with Gasteiger partial charge >= 0.3 is 6.03 Å². The van der Waals surface area contributed by atoms with E-state index in [4.69, 9.17) is 0 Å². The van der Waals surface area contributed by atoms with Crippen molar-refractivity contribution in [1.29, 1.82) is 0 Å². The SMILES string of the molecule is Cc1ccc(S(=O)(=O)N2C(=O)N(S(=O)(=O)c3ccc(C)cc3)[C@H]3C2=C[C@H]2CCCC[C@H]23)cc1. The average Bonchev–Trinajstić information content (AvgIpc) is 3.27. The number of hydrogen-bond donors (Lipinski definition) is 0. The van der Waals surface area contributed by atoms with E-state index in [0.717, 1.165) is 45.4 Å². The van der Waals surface area contributed by atoms with Gasteiger partial charge in [-0.1, -0.05) is 54.3 Å². The summed E-state index contributed by atoms with van der Waals surface area (Å²) in [6, 6.07) is 10.7. The van der Waals surface area contributed by atoms with E-state index in [-0.39, 0.29) is 27.3 Å². The fraction of sp³-hybridized carbons (Fsp3) is 0.375. The summed E-state index contributed by atoms with van der Waals surface area (Å²) < 4.78 is 56.1. The van der Waals surface area contributed by atoms with E-state index in [0.29, 0.717) is 0 Å². The monoisotopic (exact) mass is 486 g/mol. The zero-order valence-electron chi connectivity index (χ0n) is 18.5. The largest absolute Gasteiger partial charge is 0.353 e. The second kappa shape index (κ2) is 7.70.